The molecule has 1 amide bonds. The van der Waals surface area contributed by atoms with Crippen LogP contribution in [0.25, 0.3) is 0 Å². The number of nitrogens with one attached hydrogen (secondary N) is 2. The highest BCUT2D eigenvalue weighted by atomic mass is 32.2. The molecule has 0 bridgehead atoms. The molecule has 0 atom stereocenters. The van der Waals surface area contributed by atoms with Crippen LogP contribution < -0.4 is 24.2 Å². The summed E-state index contributed by atoms with van der Waals surface area (Å²) in [7, 11) is 0.271. The first-order chi connectivity index (χ1) is 15.3. The quantitative estimate of drug-likeness (QED) is 0.529. The molecule has 0 heterocycles. The average molecular weight is 460 g/mol. The first-order valence-electron chi connectivity index (χ1n) is 9.27. The Labute approximate surface area is 185 Å². The molecule has 0 unspecified atom stereocenters. The normalized spacial score (nSPS) is 10.9. The number of anilines is 2. The molecule has 10 heteroatoms. The predicted molar refractivity (Wildman–Crippen MR) is 118 cm³/mol. The summed E-state index contributed by atoms with van der Waals surface area (Å²) in [6.45, 7) is 0. The molecule has 0 aliphatic carbocycles. The van der Waals surface area contributed by atoms with Crippen molar-refractivity contribution in [3.8, 4) is 17.2 Å². The molecule has 0 fully saturated rings. The fourth-order valence-electron chi connectivity index (χ4n) is 2.87. The van der Waals surface area contributed by atoms with Gasteiger partial charge in [0.05, 0.1) is 37.5 Å². The van der Waals surface area contributed by atoms with Crippen LogP contribution in [0.15, 0.2) is 65.6 Å². The number of hydrogen-bond acceptors (Lipinski definition) is 6. The largest absolute Gasteiger partial charge is 0.497 e. The van der Waals surface area contributed by atoms with E-state index in [0.717, 1.165) is 24.3 Å². The fraction of sp³-hybridized carbons (Fsp3) is 0.136. The third kappa shape index (κ3) is 5.09. The van der Waals surface area contributed by atoms with E-state index in [4.69, 9.17) is 14.2 Å². The molecule has 3 rings (SSSR count). The van der Waals surface area contributed by atoms with E-state index in [-0.39, 0.29) is 21.9 Å². The van der Waals surface area contributed by atoms with Crippen molar-refractivity contribution in [2.45, 2.75) is 4.90 Å². The van der Waals surface area contributed by atoms with Gasteiger partial charge < -0.3 is 19.5 Å². The van der Waals surface area contributed by atoms with Crippen LogP contribution in [0.4, 0.5) is 15.8 Å². The van der Waals surface area contributed by atoms with Crippen LogP contribution in [0.1, 0.15) is 10.4 Å². The molecule has 0 saturated heterocycles. The Balaban J connectivity index is 1.90. The van der Waals surface area contributed by atoms with Gasteiger partial charge >= 0.3 is 0 Å². The van der Waals surface area contributed by atoms with Gasteiger partial charge in [0.15, 0.2) is 0 Å². The molecule has 0 spiro atoms. The lowest BCUT2D eigenvalue weighted by molar-refractivity contribution is 0.102. The van der Waals surface area contributed by atoms with E-state index >= 15 is 0 Å². The van der Waals surface area contributed by atoms with Crippen LogP contribution in [0.2, 0.25) is 0 Å². The van der Waals surface area contributed by atoms with Gasteiger partial charge in [0.25, 0.3) is 15.9 Å². The Morgan fingerprint density at radius 3 is 2.12 bits per heavy atom. The van der Waals surface area contributed by atoms with Gasteiger partial charge in [-0.3, -0.25) is 9.52 Å². The third-order valence-electron chi connectivity index (χ3n) is 4.48. The Hall–Kier alpha value is -3.79. The zero-order chi connectivity index (χ0) is 23.3. The van der Waals surface area contributed by atoms with Crippen molar-refractivity contribution in [1.29, 1.82) is 0 Å². The van der Waals surface area contributed by atoms with Crippen LogP contribution in [-0.2, 0) is 10.0 Å². The van der Waals surface area contributed by atoms with Gasteiger partial charge in [-0.25, -0.2) is 12.8 Å². The lowest BCUT2D eigenvalue weighted by Gasteiger charge is -2.15. The Kier molecular flexibility index (Phi) is 6.84. The number of amides is 1. The maximum Gasteiger partial charge on any atom is 0.262 e. The summed E-state index contributed by atoms with van der Waals surface area (Å²) in [5.41, 5.74) is 0.626. The molecule has 3 aromatic carbocycles. The standard InChI is InChI=1S/C22H21FN2O6S/c1-29-16-7-11-20(30-2)18(13-16)22(26)24-15-6-10-21(31-3)19(12-15)25-32(27,28)17-8-4-14(23)5-9-17/h4-13,25H,1-3H3,(H,24,26). The van der Waals surface area contributed by atoms with Crippen LogP contribution in [-0.4, -0.2) is 35.7 Å². The van der Waals surface area contributed by atoms with E-state index < -0.39 is 21.7 Å². The zero-order valence-corrected chi connectivity index (χ0v) is 18.3. The summed E-state index contributed by atoms with van der Waals surface area (Å²) in [5, 5.41) is 2.69. The number of ether oxygens (including phenoxy) is 3. The highest BCUT2D eigenvalue weighted by Gasteiger charge is 2.19. The molecular formula is C22H21FN2O6S. The second-order valence-electron chi connectivity index (χ2n) is 6.49. The average Bonchev–Trinajstić information content (AvgIpc) is 2.78. The van der Waals surface area contributed by atoms with Gasteiger partial charge in [-0.1, -0.05) is 0 Å². The van der Waals surface area contributed by atoms with Gasteiger partial charge in [-0.15, -0.1) is 0 Å². The number of sulfonamides is 1. The number of carbonyl (C=O) groups is 1. The summed E-state index contributed by atoms with van der Waals surface area (Å²) in [5.74, 6) is -0.00223. The van der Waals surface area contributed by atoms with Crippen molar-refractivity contribution >= 4 is 27.3 Å². The zero-order valence-electron chi connectivity index (χ0n) is 17.5. The first kappa shape index (κ1) is 22.9. The van der Waals surface area contributed by atoms with Gasteiger partial charge in [-0.2, -0.15) is 0 Å². The molecule has 32 heavy (non-hydrogen) atoms. The van der Waals surface area contributed by atoms with E-state index in [2.05, 4.69) is 10.0 Å². The van der Waals surface area contributed by atoms with E-state index in [1.807, 2.05) is 0 Å². The van der Waals surface area contributed by atoms with Gasteiger partial charge in [0.1, 0.15) is 23.1 Å². The maximum absolute atomic E-state index is 13.1. The van der Waals surface area contributed by atoms with Crippen LogP contribution in [0.3, 0.4) is 0 Å². The molecule has 0 saturated carbocycles. The molecule has 168 valence electrons. The van der Waals surface area contributed by atoms with Crippen LogP contribution in [0.5, 0.6) is 17.2 Å². The number of rotatable bonds is 8. The molecule has 2 N–H and O–H groups in total. The molecule has 0 aromatic heterocycles. The van der Waals surface area contributed by atoms with Gasteiger partial charge in [-0.05, 0) is 60.7 Å². The van der Waals surface area contributed by atoms with Gasteiger partial charge in [0, 0.05) is 5.69 Å². The molecule has 8 nitrogen and oxygen atoms in total. The van der Waals surface area contributed by atoms with Crippen LogP contribution in [0, 0.1) is 5.82 Å². The van der Waals surface area contributed by atoms with E-state index in [1.165, 1.54) is 39.5 Å². The summed E-state index contributed by atoms with van der Waals surface area (Å²) < 4.78 is 56.5. The summed E-state index contributed by atoms with van der Waals surface area (Å²) in [6, 6.07) is 13.6. The third-order valence-corrected chi connectivity index (χ3v) is 5.86. The highest BCUT2D eigenvalue weighted by Crippen LogP contribution is 2.31. The second-order valence-corrected chi connectivity index (χ2v) is 8.18. The minimum absolute atomic E-state index is 0.0900. The van der Waals surface area contributed by atoms with E-state index in [0.29, 0.717) is 17.2 Å². The minimum Gasteiger partial charge on any atom is -0.497 e. The highest BCUT2D eigenvalue weighted by molar-refractivity contribution is 7.92. The summed E-state index contributed by atoms with van der Waals surface area (Å²) >= 11 is 0. The smallest absolute Gasteiger partial charge is 0.262 e. The van der Waals surface area contributed by atoms with E-state index in [1.54, 1.807) is 18.2 Å². The number of hydrogen-bond donors (Lipinski definition) is 2. The van der Waals surface area contributed by atoms with E-state index in [9.17, 15) is 17.6 Å². The van der Waals surface area contributed by atoms with Crippen LogP contribution >= 0.6 is 0 Å². The maximum atomic E-state index is 13.1. The van der Waals surface area contributed by atoms with Crippen molar-refractivity contribution in [2.24, 2.45) is 0 Å². The molecular weight excluding hydrogens is 439 g/mol. The summed E-state index contributed by atoms with van der Waals surface area (Å²) in [4.78, 5) is 12.7. The van der Waals surface area contributed by atoms with Gasteiger partial charge in [0.2, 0.25) is 0 Å². The number of carbonyl (C=O) groups excluding carboxylic acids is 1. The molecule has 0 aliphatic heterocycles. The minimum atomic E-state index is -4.03. The molecule has 3 aromatic rings. The lowest BCUT2D eigenvalue weighted by atomic mass is 10.1. The first-order valence-corrected chi connectivity index (χ1v) is 10.8. The number of benzene rings is 3. The van der Waals surface area contributed by atoms with Crippen molar-refractivity contribution in [1.82, 2.24) is 0 Å². The SMILES string of the molecule is COc1ccc(OC)c(C(=O)Nc2ccc(OC)c(NS(=O)(=O)c3ccc(F)cc3)c2)c1. The monoisotopic (exact) mass is 460 g/mol. The van der Waals surface area contributed by atoms with Crippen molar-refractivity contribution in [3.05, 3.63) is 72.0 Å². The Morgan fingerprint density at radius 1 is 0.844 bits per heavy atom. The second kappa shape index (κ2) is 9.56. The summed E-state index contributed by atoms with van der Waals surface area (Å²) in [6.07, 6.45) is 0. The fourth-order valence-corrected chi connectivity index (χ4v) is 3.93. The molecule has 0 radical (unpaired) electrons. The van der Waals surface area contributed by atoms with Crippen molar-refractivity contribution < 1.29 is 31.8 Å². The topological polar surface area (TPSA) is 103 Å². The lowest BCUT2D eigenvalue weighted by Crippen LogP contribution is -2.16. The van der Waals surface area contributed by atoms with Crippen molar-refractivity contribution in [2.75, 3.05) is 31.4 Å². The Bertz CT molecular complexity index is 1230. The predicted octanol–water partition coefficient (Wildman–Crippen LogP) is 3.90. The van der Waals surface area contributed by atoms with Crippen molar-refractivity contribution in [3.63, 3.8) is 0 Å². The Morgan fingerprint density at radius 2 is 1.50 bits per heavy atom. The molecule has 0 aliphatic rings. The number of methoxy groups -OCH3 is 3. The number of halogens is 1.